The van der Waals surface area contributed by atoms with E-state index in [0.717, 1.165) is 36.9 Å². The molecule has 2 rings (SSSR count). The summed E-state index contributed by atoms with van der Waals surface area (Å²) in [5.41, 5.74) is 4.37. The maximum Gasteiger partial charge on any atom is 0.150 e. The lowest BCUT2D eigenvalue weighted by molar-refractivity contribution is 0.112. The van der Waals surface area contributed by atoms with Crippen molar-refractivity contribution in [2.24, 2.45) is 0 Å². The van der Waals surface area contributed by atoms with Crippen LogP contribution in [-0.2, 0) is 0 Å². The Kier molecular flexibility index (Phi) is 4.74. The van der Waals surface area contributed by atoms with Crippen molar-refractivity contribution >= 4 is 17.5 Å². The van der Waals surface area contributed by atoms with Gasteiger partial charge in [0.1, 0.15) is 6.29 Å². The third kappa shape index (κ3) is 3.24. The largest absolute Gasteiger partial charge is 0.385 e. The molecule has 0 aromatic heterocycles. The Balaban J connectivity index is 2.35. The maximum atomic E-state index is 11.0. The molecule has 1 aliphatic rings. The minimum absolute atomic E-state index is 0.536. The highest BCUT2D eigenvalue weighted by molar-refractivity contribution is 5.84. The lowest BCUT2D eigenvalue weighted by atomic mass is 9.88. The normalized spacial score (nSPS) is 18.8. The van der Waals surface area contributed by atoms with Gasteiger partial charge < -0.3 is 10.6 Å². The van der Waals surface area contributed by atoms with Gasteiger partial charge in [-0.25, -0.2) is 0 Å². The first-order chi connectivity index (χ1) is 9.28. The molecule has 1 aromatic rings. The molecule has 1 atom stereocenters. The van der Waals surface area contributed by atoms with Crippen LogP contribution in [0, 0.1) is 0 Å². The summed E-state index contributed by atoms with van der Waals surface area (Å²) in [6, 6.07) is 6.41. The molecule has 3 nitrogen and oxygen atoms in total. The molecule has 0 aliphatic heterocycles. The van der Waals surface area contributed by atoms with Gasteiger partial charge in [0.25, 0.3) is 0 Å². The Hall–Kier alpha value is -1.61. The molecule has 1 aliphatic carbocycles. The number of carbonyl (C=O) groups is 1. The predicted octanol–water partition coefficient (Wildman–Crippen LogP) is 3.09. The van der Waals surface area contributed by atoms with E-state index >= 15 is 0 Å². The first-order valence-electron chi connectivity index (χ1n) is 6.98. The lowest BCUT2D eigenvalue weighted by Crippen LogP contribution is -2.27. The van der Waals surface area contributed by atoms with Crippen LogP contribution in [0.3, 0.4) is 0 Å². The highest BCUT2D eigenvalue weighted by Crippen LogP contribution is 2.32. The van der Waals surface area contributed by atoms with Crippen LogP contribution in [0.1, 0.15) is 42.1 Å². The fourth-order valence-corrected chi connectivity index (χ4v) is 2.62. The van der Waals surface area contributed by atoms with Crippen LogP contribution in [-0.4, -0.2) is 25.9 Å². The van der Waals surface area contributed by atoms with E-state index < -0.39 is 0 Å². The number of benzene rings is 1. The zero-order valence-corrected chi connectivity index (χ0v) is 11.7. The average Bonchev–Trinajstić information content (AvgIpc) is 2.48. The smallest absolute Gasteiger partial charge is 0.150 e. The number of aldehydes is 1. The van der Waals surface area contributed by atoms with Gasteiger partial charge in [-0.1, -0.05) is 6.08 Å². The number of hydrogen-bond donors (Lipinski definition) is 2. The topological polar surface area (TPSA) is 41.1 Å². The molecule has 0 spiro atoms. The van der Waals surface area contributed by atoms with Gasteiger partial charge in [0.05, 0.1) is 0 Å². The van der Waals surface area contributed by atoms with E-state index in [2.05, 4.69) is 23.6 Å². The summed E-state index contributed by atoms with van der Waals surface area (Å²) in [6.07, 6.45) is 6.52. The van der Waals surface area contributed by atoms with Crippen LogP contribution in [0.2, 0.25) is 0 Å². The van der Waals surface area contributed by atoms with E-state index in [4.69, 9.17) is 0 Å². The summed E-state index contributed by atoms with van der Waals surface area (Å²) in [5.74, 6) is 0. The molecule has 3 heteroatoms. The second-order valence-electron chi connectivity index (χ2n) is 4.95. The van der Waals surface area contributed by atoms with Crippen molar-refractivity contribution in [3.8, 4) is 0 Å². The molecule has 0 saturated carbocycles. The monoisotopic (exact) mass is 258 g/mol. The quantitative estimate of drug-likeness (QED) is 0.797. The van der Waals surface area contributed by atoms with Crippen LogP contribution in [0.4, 0.5) is 5.69 Å². The fourth-order valence-electron chi connectivity index (χ4n) is 2.62. The first kappa shape index (κ1) is 13.8. The van der Waals surface area contributed by atoms with Gasteiger partial charge in [0, 0.05) is 29.4 Å². The summed E-state index contributed by atoms with van der Waals surface area (Å²) in [6.45, 7) is 2.97. The highest BCUT2D eigenvalue weighted by Gasteiger charge is 2.17. The Morgan fingerprint density at radius 3 is 2.95 bits per heavy atom. The third-order valence-electron chi connectivity index (χ3n) is 3.67. The van der Waals surface area contributed by atoms with Crippen molar-refractivity contribution in [3.05, 3.63) is 35.4 Å². The second kappa shape index (κ2) is 6.53. The highest BCUT2D eigenvalue weighted by atomic mass is 16.1. The Morgan fingerprint density at radius 1 is 1.42 bits per heavy atom. The van der Waals surface area contributed by atoms with Crippen LogP contribution < -0.4 is 10.6 Å². The van der Waals surface area contributed by atoms with E-state index in [1.807, 2.05) is 25.2 Å². The Bertz CT molecular complexity index is 480. The maximum absolute atomic E-state index is 11.0. The molecule has 2 N–H and O–H groups in total. The summed E-state index contributed by atoms with van der Waals surface area (Å²) >= 11 is 0. The molecule has 0 amide bonds. The average molecular weight is 258 g/mol. The summed E-state index contributed by atoms with van der Waals surface area (Å²) < 4.78 is 0. The zero-order chi connectivity index (χ0) is 13.7. The number of allylic oxidation sites excluding steroid dienone is 1. The van der Waals surface area contributed by atoms with Crippen LogP contribution in [0.25, 0.3) is 5.57 Å². The van der Waals surface area contributed by atoms with E-state index in [1.165, 1.54) is 17.6 Å². The van der Waals surface area contributed by atoms with Crippen LogP contribution in [0.5, 0.6) is 0 Å². The Labute approximate surface area is 115 Å². The molecule has 0 saturated heterocycles. The summed E-state index contributed by atoms with van der Waals surface area (Å²) in [5, 5.41) is 6.73. The SMILES string of the molecule is CCNc1ccc(C=O)cc1C1=CCCC(NC)C1. The van der Waals surface area contributed by atoms with Gasteiger partial charge in [-0.3, -0.25) is 4.79 Å². The van der Waals surface area contributed by atoms with Crippen molar-refractivity contribution < 1.29 is 4.79 Å². The van der Waals surface area contributed by atoms with Gasteiger partial charge in [-0.2, -0.15) is 0 Å². The van der Waals surface area contributed by atoms with Gasteiger partial charge in [0.15, 0.2) is 0 Å². The lowest BCUT2D eigenvalue weighted by Gasteiger charge is -2.24. The van der Waals surface area contributed by atoms with Crippen molar-refractivity contribution in [2.45, 2.75) is 32.2 Å². The van der Waals surface area contributed by atoms with E-state index in [1.54, 1.807) is 0 Å². The van der Waals surface area contributed by atoms with Crippen molar-refractivity contribution in [1.82, 2.24) is 5.32 Å². The number of hydrogen-bond acceptors (Lipinski definition) is 3. The number of anilines is 1. The van der Waals surface area contributed by atoms with Gasteiger partial charge >= 0.3 is 0 Å². The minimum Gasteiger partial charge on any atom is -0.385 e. The molecule has 0 fully saturated rings. The summed E-state index contributed by atoms with van der Waals surface area (Å²) in [7, 11) is 2.01. The fraction of sp³-hybridized carbons (Fsp3) is 0.438. The van der Waals surface area contributed by atoms with Crippen LogP contribution in [0.15, 0.2) is 24.3 Å². The molecule has 0 heterocycles. The van der Waals surface area contributed by atoms with E-state index in [0.29, 0.717) is 6.04 Å². The van der Waals surface area contributed by atoms with E-state index in [-0.39, 0.29) is 0 Å². The van der Waals surface area contributed by atoms with Gasteiger partial charge in [0.2, 0.25) is 0 Å². The Morgan fingerprint density at radius 2 is 2.26 bits per heavy atom. The first-order valence-corrected chi connectivity index (χ1v) is 6.98. The third-order valence-corrected chi connectivity index (χ3v) is 3.67. The van der Waals surface area contributed by atoms with Crippen LogP contribution >= 0.6 is 0 Å². The standard InChI is InChI=1S/C16H22N2O/c1-3-18-16-8-7-12(11-19)9-15(16)13-5-4-6-14(10-13)17-2/h5,7-9,11,14,17-18H,3-4,6,10H2,1-2H3. The molecule has 1 aromatic carbocycles. The van der Waals surface area contributed by atoms with Gasteiger partial charge in [-0.05, 0) is 57.0 Å². The molecular formula is C16H22N2O. The predicted molar refractivity (Wildman–Crippen MR) is 80.7 cm³/mol. The molecule has 0 radical (unpaired) electrons. The van der Waals surface area contributed by atoms with Crippen molar-refractivity contribution in [2.75, 3.05) is 18.9 Å². The number of rotatable bonds is 5. The number of nitrogens with one attached hydrogen (secondary N) is 2. The zero-order valence-electron chi connectivity index (χ0n) is 11.7. The molecule has 1 unspecified atom stereocenters. The minimum atomic E-state index is 0.536. The van der Waals surface area contributed by atoms with Crippen molar-refractivity contribution in [3.63, 3.8) is 0 Å². The molecule has 102 valence electrons. The molecule has 0 bridgehead atoms. The molecule has 19 heavy (non-hydrogen) atoms. The molecular weight excluding hydrogens is 236 g/mol. The van der Waals surface area contributed by atoms with Gasteiger partial charge in [-0.15, -0.1) is 0 Å². The number of carbonyl (C=O) groups excluding carboxylic acids is 1. The second-order valence-corrected chi connectivity index (χ2v) is 4.95. The van der Waals surface area contributed by atoms with Crippen molar-refractivity contribution in [1.29, 1.82) is 0 Å². The summed E-state index contributed by atoms with van der Waals surface area (Å²) in [4.78, 5) is 11.0. The van der Waals surface area contributed by atoms with E-state index in [9.17, 15) is 4.79 Å².